The molecule has 0 radical (unpaired) electrons. The van der Waals surface area contributed by atoms with Gasteiger partial charge < -0.3 is 14.1 Å². The Morgan fingerprint density at radius 1 is 1.12 bits per heavy atom. The molecule has 0 aliphatic rings. The van der Waals surface area contributed by atoms with E-state index >= 15 is 0 Å². The van der Waals surface area contributed by atoms with Crippen LogP contribution in [0.15, 0.2) is 53.1 Å². The summed E-state index contributed by atoms with van der Waals surface area (Å²) in [6.45, 7) is 1.79. The molecule has 25 heavy (non-hydrogen) atoms. The highest BCUT2D eigenvalue weighted by atomic mass is 35.5. The zero-order valence-electron chi connectivity index (χ0n) is 13.7. The lowest BCUT2D eigenvalue weighted by atomic mass is 10.1. The molecule has 1 heterocycles. The Morgan fingerprint density at radius 2 is 1.84 bits per heavy atom. The Hall–Kier alpha value is -2.66. The van der Waals surface area contributed by atoms with Crippen LogP contribution in [0.3, 0.4) is 0 Å². The number of rotatable bonds is 7. The summed E-state index contributed by atoms with van der Waals surface area (Å²) in [5.41, 5.74) is 1.93. The Morgan fingerprint density at radius 3 is 2.52 bits per heavy atom. The normalized spacial score (nSPS) is 10.6. The van der Waals surface area contributed by atoms with Gasteiger partial charge in [-0.2, -0.15) is 4.98 Å². The lowest BCUT2D eigenvalue weighted by molar-refractivity contribution is -0.116. The van der Waals surface area contributed by atoms with Gasteiger partial charge in [-0.3, -0.25) is 0 Å². The summed E-state index contributed by atoms with van der Waals surface area (Å²) in [5, 5.41) is 4.60. The van der Waals surface area contributed by atoms with Gasteiger partial charge in [0.1, 0.15) is 11.5 Å². The number of hydrogen-bond acceptors (Lipinski definition) is 5. The van der Waals surface area contributed by atoms with Crippen LogP contribution in [0.25, 0.3) is 11.4 Å². The van der Waals surface area contributed by atoms with Crippen molar-refractivity contribution in [1.29, 1.82) is 0 Å². The van der Waals surface area contributed by atoms with Gasteiger partial charge in [-0.15, -0.1) is 0 Å². The van der Waals surface area contributed by atoms with Crippen molar-refractivity contribution in [2.45, 2.75) is 26.4 Å². The number of aromatic nitrogens is 2. The fraction of sp³-hybridized carbons (Fsp3) is 0.211. The zero-order chi connectivity index (χ0) is 17.6. The van der Waals surface area contributed by atoms with Crippen LogP contribution in [-0.2, 0) is 17.8 Å². The molecule has 128 valence electrons. The van der Waals surface area contributed by atoms with E-state index < -0.39 is 0 Å². The van der Waals surface area contributed by atoms with E-state index in [0.717, 1.165) is 17.5 Å². The van der Waals surface area contributed by atoms with E-state index in [9.17, 15) is 4.79 Å². The maximum Gasteiger partial charge on any atom is 0.264 e. The second kappa shape index (κ2) is 7.94. The first-order chi connectivity index (χ1) is 12.1. The van der Waals surface area contributed by atoms with Gasteiger partial charge in [0.05, 0.1) is 0 Å². The summed E-state index contributed by atoms with van der Waals surface area (Å²) in [7, 11) is 0. The largest absolute Gasteiger partial charge is 0.484 e. The van der Waals surface area contributed by atoms with E-state index in [2.05, 4.69) is 10.1 Å². The predicted octanol–water partition coefficient (Wildman–Crippen LogP) is 4.49. The van der Waals surface area contributed by atoms with Crippen LogP contribution < -0.4 is 4.74 Å². The highest BCUT2D eigenvalue weighted by molar-refractivity contribution is 6.30. The number of carbonyl (C=O) groups excluding carboxylic acids is 1. The molecule has 3 aromatic rings. The molecule has 0 saturated carbocycles. The zero-order valence-corrected chi connectivity index (χ0v) is 14.5. The fourth-order valence-corrected chi connectivity index (χ4v) is 2.37. The molecule has 0 N–H and O–H groups in total. The molecule has 0 bridgehead atoms. The van der Waals surface area contributed by atoms with Crippen molar-refractivity contribution in [3.05, 3.63) is 65.0 Å². The predicted molar refractivity (Wildman–Crippen MR) is 94.5 cm³/mol. The Kier molecular flexibility index (Phi) is 5.46. The van der Waals surface area contributed by atoms with Crippen molar-refractivity contribution in [3.63, 3.8) is 0 Å². The first kappa shape index (κ1) is 17.2. The monoisotopic (exact) mass is 356 g/mol. The van der Waals surface area contributed by atoms with Crippen LogP contribution >= 0.6 is 11.6 Å². The maximum absolute atomic E-state index is 11.0. The average molecular weight is 357 g/mol. The van der Waals surface area contributed by atoms with Gasteiger partial charge >= 0.3 is 0 Å². The standard InChI is InChI=1S/C19H17ClN2O3/c1-13(23)2-3-14-4-10-17(11-5-14)24-12-18-21-19(22-25-18)15-6-8-16(20)9-7-15/h4-11H,2-3,12H2,1H3. The lowest BCUT2D eigenvalue weighted by Gasteiger charge is -2.04. The number of benzene rings is 2. The topological polar surface area (TPSA) is 65.2 Å². The highest BCUT2D eigenvalue weighted by Crippen LogP contribution is 2.20. The van der Waals surface area contributed by atoms with Gasteiger partial charge in [0, 0.05) is 17.0 Å². The van der Waals surface area contributed by atoms with Crippen LogP contribution in [0, 0.1) is 0 Å². The molecule has 0 aliphatic heterocycles. The number of carbonyl (C=O) groups is 1. The second-order valence-corrected chi connectivity index (χ2v) is 6.09. The SMILES string of the molecule is CC(=O)CCc1ccc(OCc2nc(-c3ccc(Cl)cc3)no2)cc1. The van der Waals surface area contributed by atoms with E-state index in [1.807, 2.05) is 36.4 Å². The van der Waals surface area contributed by atoms with E-state index in [1.54, 1.807) is 19.1 Å². The van der Waals surface area contributed by atoms with Crippen LogP contribution in [0.2, 0.25) is 5.02 Å². The van der Waals surface area contributed by atoms with Crippen molar-refractivity contribution < 1.29 is 14.1 Å². The molecule has 1 aromatic heterocycles. The van der Waals surface area contributed by atoms with Gasteiger partial charge in [0.15, 0.2) is 6.61 Å². The number of aryl methyl sites for hydroxylation is 1. The van der Waals surface area contributed by atoms with Crippen molar-refractivity contribution >= 4 is 17.4 Å². The molecular formula is C19H17ClN2O3. The molecule has 0 amide bonds. The summed E-state index contributed by atoms with van der Waals surface area (Å²) >= 11 is 5.87. The molecule has 0 atom stereocenters. The first-order valence-electron chi connectivity index (χ1n) is 7.90. The van der Waals surface area contributed by atoms with Crippen molar-refractivity contribution in [2.24, 2.45) is 0 Å². The summed E-state index contributed by atoms with van der Waals surface area (Å²) in [6, 6.07) is 14.8. The fourth-order valence-electron chi connectivity index (χ4n) is 2.25. The molecule has 6 heteroatoms. The summed E-state index contributed by atoms with van der Waals surface area (Å²) < 4.78 is 10.9. The minimum absolute atomic E-state index is 0.188. The Labute approximate surface area is 150 Å². The van der Waals surface area contributed by atoms with Crippen LogP contribution in [0.5, 0.6) is 5.75 Å². The molecule has 2 aromatic carbocycles. The first-order valence-corrected chi connectivity index (χ1v) is 8.27. The third kappa shape index (κ3) is 4.90. The molecule has 0 aliphatic carbocycles. The number of halogens is 1. The average Bonchev–Trinajstić information content (AvgIpc) is 3.08. The minimum atomic E-state index is 0.188. The number of ether oxygens (including phenoxy) is 1. The van der Waals surface area contributed by atoms with Gasteiger partial charge in [0.25, 0.3) is 5.89 Å². The maximum atomic E-state index is 11.0. The summed E-state index contributed by atoms with van der Waals surface area (Å²) in [5.74, 6) is 1.78. The number of hydrogen-bond donors (Lipinski definition) is 0. The highest BCUT2D eigenvalue weighted by Gasteiger charge is 2.09. The molecule has 3 rings (SSSR count). The molecule has 0 fully saturated rings. The van der Waals surface area contributed by atoms with Crippen LogP contribution in [-0.4, -0.2) is 15.9 Å². The van der Waals surface area contributed by atoms with Crippen LogP contribution in [0.4, 0.5) is 0 Å². The number of ketones is 1. The van der Waals surface area contributed by atoms with Gasteiger partial charge in [-0.25, -0.2) is 0 Å². The molecular weight excluding hydrogens is 340 g/mol. The molecule has 5 nitrogen and oxygen atoms in total. The number of nitrogens with zero attached hydrogens (tertiary/aromatic N) is 2. The van der Waals surface area contributed by atoms with Gasteiger partial charge in [-0.05, 0) is 55.3 Å². The van der Waals surface area contributed by atoms with E-state index in [-0.39, 0.29) is 12.4 Å². The lowest BCUT2D eigenvalue weighted by Crippen LogP contribution is -1.97. The van der Waals surface area contributed by atoms with Gasteiger partial charge in [-0.1, -0.05) is 28.9 Å². The molecule has 0 spiro atoms. The quantitative estimate of drug-likeness (QED) is 0.624. The van der Waals surface area contributed by atoms with Crippen molar-refractivity contribution in [3.8, 4) is 17.1 Å². The molecule has 0 saturated heterocycles. The Bertz CT molecular complexity index is 842. The molecule has 0 unspecified atom stereocenters. The van der Waals surface area contributed by atoms with Gasteiger partial charge in [0.2, 0.25) is 5.82 Å². The number of Topliss-reactive ketones (excluding diaryl/α,β-unsaturated/α-hetero) is 1. The van der Waals surface area contributed by atoms with Crippen LogP contribution in [0.1, 0.15) is 24.8 Å². The second-order valence-electron chi connectivity index (χ2n) is 5.65. The smallest absolute Gasteiger partial charge is 0.264 e. The van der Waals surface area contributed by atoms with E-state index in [4.69, 9.17) is 20.9 Å². The van der Waals surface area contributed by atoms with E-state index in [1.165, 1.54) is 0 Å². The third-order valence-electron chi connectivity index (χ3n) is 3.62. The van der Waals surface area contributed by atoms with E-state index in [0.29, 0.717) is 28.9 Å². The minimum Gasteiger partial charge on any atom is -0.484 e. The van der Waals surface area contributed by atoms with Crippen molar-refractivity contribution in [1.82, 2.24) is 10.1 Å². The Balaban J connectivity index is 1.57. The summed E-state index contributed by atoms with van der Waals surface area (Å²) in [4.78, 5) is 15.3. The van der Waals surface area contributed by atoms with Crippen molar-refractivity contribution in [2.75, 3.05) is 0 Å². The summed E-state index contributed by atoms with van der Waals surface area (Å²) in [6.07, 6.45) is 1.29. The third-order valence-corrected chi connectivity index (χ3v) is 3.87.